The summed E-state index contributed by atoms with van der Waals surface area (Å²) in [7, 11) is 1.46. The fourth-order valence-corrected chi connectivity index (χ4v) is 3.84. The Morgan fingerprint density at radius 3 is 2.38 bits per heavy atom. The van der Waals surface area contributed by atoms with Gasteiger partial charge in [0.2, 0.25) is 6.29 Å². The number of hydrogen-bond acceptors (Lipinski definition) is 10. The molecule has 2 aromatic rings. The first kappa shape index (κ1) is 22.3. The van der Waals surface area contributed by atoms with Crippen molar-refractivity contribution in [3.63, 3.8) is 0 Å². The van der Waals surface area contributed by atoms with E-state index in [1.165, 1.54) is 13.2 Å². The number of ether oxygens (including phenoxy) is 4. The standard InChI is InChI=1S/C22H24O10/c1-29-12-7-13-15(31-21(28)17(13)14(24)8-12)6-10-2-4-11(5-3-10)30-22-20(27)19(26)18(25)16(9-23)32-22/h2-5,7-8,15-16,18-20,22-27H,6,9H2,1H3/t15-,16+,18+,19-,20+,22+/m0/s1. The molecular weight excluding hydrogens is 424 g/mol. The molecule has 0 spiro atoms. The Kier molecular flexibility index (Phi) is 6.22. The van der Waals surface area contributed by atoms with Crippen molar-refractivity contribution in [1.29, 1.82) is 0 Å². The van der Waals surface area contributed by atoms with Gasteiger partial charge >= 0.3 is 5.97 Å². The highest BCUT2D eigenvalue weighted by Crippen LogP contribution is 2.40. The molecule has 0 aromatic heterocycles. The van der Waals surface area contributed by atoms with E-state index in [0.29, 0.717) is 23.5 Å². The Hall–Kier alpha value is -2.89. The van der Waals surface area contributed by atoms with Crippen LogP contribution in [-0.4, -0.2) is 75.9 Å². The van der Waals surface area contributed by atoms with Gasteiger partial charge in [0.25, 0.3) is 0 Å². The maximum Gasteiger partial charge on any atom is 0.342 e. The Labute approximate surface area is 183 Å². The third kappa shape index (κ3) is 4.10. The molecular formula is C22H24O10. The molecule has 32 heavy (non-hydrogen) atoms. The second kappa shape index (κ2) is 8.93. The van der Waals surface area contributed by atoms with Gasteiger partial charge in [0, 0.05) is 18.1 Å². The molecule has 2 aliphatic rings. The summed E-state index contributed by atoms with van der Waals surface area (Å²) in [4.78, 5) is 12.2. The number of fused-ring (bicyclic) bond motifs is 1. The van der Waals surface area contributed by atoms with Crippen LogP contribution < -0.4 is 9.47 Å². The Morgan fingerprint density at radius 2 is 1.72 bits per heavy atom. The van der Waals surface area contributed by atoms with E-state index < -0.39 is 49.4 Å². The van der Waals surface area contributed by atoms with Crippen LogP contribution in [-0.2, 0) is 15.9 Å². The van der Waals surface area contributed by atoms with Crippen molar-refractivity contribution in [2.75, 3.05) is 13.7 Å². The molecule has 10 heteroatoms. The molecule has 0 aliphatic carbocycles. The molecule has 2 aromatic carbocycles. The SMILES string of the molecule is COc1cc(O)c2c(c1)[C@H](Cc1ccc(O[C@@H]3O[C@H](CO)[C@@H](O)[C@H](O)[C@H]3O)cc1)OC2=O. The number of esters is 1. The number of phenols is 1. The molecule has 5 N–H and O–H groups in total. The summed E-state index contributed by atoms with van der Waals surface area (Å²) >= 11 is 0. The van der Waals surface area contributed by atoms with Gasteiger partial charge in [0.05, 0.1) is 13.7 Å². The van der Waals surface area contributed by atoms with E-state index in [9.17, 15) is 30.3 Å². The van der Waals surface area contributed by atoms with Crippen LogP contribution in [0, 0.1) is 0 Å². The smallest absolute Gasteiger partial charge is 0.342 e. The number of hydrogen-bond donors (Lipinski definition) is 5. The summed E-state index contributed by atoms with van der Waals surface area (Å²) < 4.78 is 21.5. The minimum atomic E-state index is -1.53. The van der Waals surface area contributed by atoms with Crippen LogP contribution in [0.5, 0.6) is 17.2 Å². The third-order valence-electron chi connectivity index (χ3n) is 5.60. The van der Waals surface area contributed by atoms with Crippen molar-refractivity contribution in [2.45, 2.75) is 43.2 Å². The lowest BCUT2D eigenvalue weighted by Gasteiger charge is -2.39. The zero-order valence-electron chi connectivity index (χ0n) is 17.1. The highest BCUT2D eigenvalue weighted by Gasteiger charge is 2.44. The third-order valence-corrected chi connectivity index (χ3v) is 5.60. The minimum absolute atomic E-state index is 0.123. The molecule has 0 radical (unpaired) electrons. The molecule has 10 nitrogen and oxygen atoms in total. The number of aliphatic hydroxyl groups is 4. The lowest BCUT2D eigenvalue weighted by atomic mass is 9.98. The van der Waals surface area contributed by atoms with Gasteiger partial charge in [-0.05, 0) is 23.8 Å². The second-order valence-corrected chi connectivity index (χ2v) is 7.67. The Morgan fingerprint density at radius 1 is 1.00 bits per heavy atom. The van der Waals surface area contributed by atoms with Gasteiger partial charge in [0.1, 0.15) is 53.3 Å². The van der Waals surface area contributed by atoms with Gasteiger partial charge in [-0.15, -0.1) is 0 Å². The summed E-state index contributed by atoms with van der Waals surface area (Å²) in [6.45, 7) is -0.550. The topological polar surface area (TPSA) is 155 Å². The van der Waals surface area contributed by atoms with Gasteiger partial charge in [-0.1, -0.05) is 12.1 Å². The van der Waals surface area contributed by atoms with Crippen LogP contribution in [0.1, 0.15) is 27.6 Å². The van der Waals surface area contributed by atoms with Crippen LogP contribution in [0.2, 0.25) is 0 Å². The average Bonchev–Trinajstić information content (AvgIpc) is 3.10. The molecule has 0 saturated carbocycles. The predicted octanol–water partition coefficient (Wildman–Crippen LogP) is 0.0337. The largest absolute Gasteiger partial charge is 0.507 e. The molecule has 0 unspecified atom stereocenters. The maximum absolute atomic E-state index is 12.2. The van der Waals surface area contributed by atoms with E-state index in [1.807, 2.05) is 0 Å². The highest BCUT2D eigenvalue weighted by atomic mass is 16.7. The first-order chi connectivity index (χ1) is 15.3. The van der Waals surface area contributed by atoms with E-state index in [1.54, 1.807) is 30.3 Å². The first-order valence-electron chi connectivity index (χ1n) is 10.0. The van der Waals surface area contributed by atoms with Crippen molar-refractivity contribution in [1.82, 2.24) is 0 Å². The molecule has 4 rings (SSSR count). The molecule has 1 fully saturated rings. The second-order valence-electron chi connectivity index (χ2n) is 7.67. The van der Waals surface area contributed by atoms with Crippen molar-refractivity contribution in [2.24, 2.45) is 0 Å². The number of aromatic hydroxyl groups is 1. The average molecular weight is 448 g/mol. The molecule has 2 aliphatic heterocycles. The van der Waals surface area contributed by atoms with Crippen LogP contribution in [0.25, 0.3) is 0 Å². The minimum Gasteiger partial charge on any atom is -0.507 e. The van der Waals surface area contributed by atoms with Crippen LogP contribution >= 0.6 is 0 Å². The molecule has 0 bridgehead atoms. The van der Waals surface area contributed by atoms with E-state index in [2.05, 4.69) is 0 Å². The lowest BCUT2D eigenvalue weighted by molar-refractivity contribution is -0.277. The number of carbonyl (C=O) groups excluding carboxylic acids is 1. The van der Waals surface area contributed by atoms with Gasteiger partial charge in [-0.2, -0.15) is 0 Å². The summed E-state index contributed by atoms with van der Waals surface area (Å²) in [6, 6.07) is 9.68. The fraction of sp³-hybridized carbons (Fsp3) is 0.409. The Balaban J connectivity index is 1.46. The summed E-state index contributed by atoms with van der Waals surface area (Å²) in [5, 5.41) is 49.2. The number of phenolic OH excluding ortho intramolecular Hbond substituents is 1. The van der Waals surface area contributed by atoms with E-state index in [0.717, 1.165) is 5.56 Å². The number of cyclic esters (lactones) is 1. The number of methoxy groups -OCH3 is 1. The van der Waals surface area contributed by atoms with Gasteiger partial charge in [-0.3, -0.25) is 0 Å². The molecule has 172 valence electrons. The van der Waals surface area contributed by atoms with Gasteiger partial charge < -0.3 is 44.5 Å². The van der Waals surface area contributed by atoms with Crippen molar-refractivity contribution in [3.8, 4) is 17.2 Å². The molecule has 0 amide bonds. The maximum atomic E-state index is 12.2. The molecule has 1 saturated heterocycles. The number of rotatable bonds is 6. The quantitative estimate of drug-likeness (QED) is 0.382. The highest BCUT2D eigenvalue weighted by molar-refractivity contribution is 5.97. The zero-order chi connectivity index (χ0) is 23.0. The van der Waals surface area contributed by atoms with Gasteiger partial charge in [0.15, 0.2) is 0 Å². The number of aliphatic hydroxyl groups excluding tert-OH is 4. The van der Waals surface area contributed by atoms with Crippen LogP contribution in [0.15, 0.2) is 36.4 Å². The van der Waals surface area contributed by atoms with Gasteiger partial charge in [-0.25, -0.2) is 4.79 Å². The number of benzene rings is 2. The Bertz CT molecular complexity index is 973. The predicted molar refractivity (Wildman–Crippen MR) is 107 cm³/mol. The van der Waals surface area contributed by atoms with Crippen molar-refractivity contribution < 1.29 is 49.3 Å². The van der Waals surface area contributed by atoms with E-state index >= 15 is 0 Å². The summed E-state index contributed by atoms with van der Waals surface area (Å²) in [6.07, 6.45) is -7.12. The first-order valence-corrected chi connectivity index (χ1v) is 10.0. The van der Waals surface area contributed by atoms with E-state index in [-0.39, 0.29) is 11.3 Å². The molecule has 2 heterocycles. The monoisotopic (exact) mass is 448 g/mol. The van der Waals surface area contributed by atoms with Crippen molar-refractivity contribution in [3.05, 3.63) is 53.1 Å². The van der Waals surface area contributed by atoms with E-state index in [4.69, 9.17) is 18.9 Å². The number of carbonyl (C=O) groups is 1. The molecule has 6 atom stereocenters. The van der Waals surface area contributed by atoms with Crippen LogP contribution in [0.4, 0.5) is 0 Å². The normalized spacial score (nSPS) is 29.3. The summed E-state index contributed by atoms with van der Waals surface area (Å²) in [5.74, 6) is -0.0723. The lowest BCUT2D eigenvalue weighted by Crippen LogP contribution is -2.60. The summed E-state index contributed by atoms with van der Waals surface area (Å²) in [5.41, 5.74) is 1.46. The van der Waals surface area contributed by atoms with Crippen molar-refractivity contribution >= 4 is 5.97 Å². The van der Waals surface area contributed by atoms with Crippen LogP contribution in [0.3, 0.4) is 0 Å². The zero-order valence-corrected chi connectivity index (χ0v) is 17.1. The fourth-order valence-electron chi connectivity index (χ4n) is 3.84.